The maximum Gasteiger partial charge on any atom is 0.240 e. The van der Waals surface area contributed by atoms with E-state index in [0.717, 1.165) is 56.7 Å². The zero-order chi connectivity index (χ0) is 21.7. The van der Waals surface area contributed by atoms with E-state index < -0.39 is 0 Å². The summed E-state index contributed by atoms with van der Waals surface area (Å²) in [5.41, 5.74) is 2.07. The van der Waals surface area contributed by atoms with Gasteiger partial charge in [0, 0.05) is 44.0 Å². The molecule has 3 atom stereocenters. The van der Waals surface area contributed by atoms with Crippen molar-refractivity contribution in [2.24, 2.45) is 0 Å². The van der Waals surface area contributed by atoms with Gasteiger partial charge in [-0.2, -0.15) is 0 Å². The number of rotatable bonds is 6. The van der Waals surface area contributed by atoms with E-state index in [9.17, 15) is 9.59 Å². The van der Waals surface area contributed by atoms with Gasteiger partial charge in [-0.15, -0.1) is 0 Å². The van der Waals surface area contributed by atoms with Crippen molar-refractivity contribution in [2.75, 3.05) is 38.0 Å². The highest BCUT2D eigenvalue weighted by molar-refractivity contribution is 5.93. The number of carbonyl (C=O) groups excluding carboxylic acids is 2. The van der Waals surface area contributed by atoms with Crippen LogP contribution in [0.4, 0.5) is 5.69 Å². The van der Waals surface area contributed by atoms with E-state index in [-0.39, 0.29) is 17.9 Å². The summed E-state index contributed by atoms with van der Waals surface area (Å²) in [6, 6.07) is 8.54. The maximum absolute atomic E-state index is 13.1. The van der Waals surface area contributed by atoms with Crippen LogP contribution in [-0.2, 0) is 16.0 Å². The average molecular weight is 415 g/mol. The quantitative estimate of drug-likeness (QED) is 0.778. The molecule has 2 fully saturated rings. The molecule has 0 spiro atoms. The summed E-state index contributed by atoms with van der Waals surface area (Å²) < 4.78 is 0. The van der Waals surface area contributed by atoms with Crippen LogP contribution in [0.25, 0.3) is 0 Å². The number of amides is 2. The fraction of sp³-hybridized carbons (Fsp3) is 0.667. The van der Waals surface area contributed by atoms with Crippen molar-refractivity contribution in [3.8, 4) is 0 Å². The molecule has 2 aliphatic heterocycles. The van der Waals surface area contributed by atoms with Gasteiger partial charge in [0.15, 0.2) is 0 Å². The number of nitrogens with one attached hydrogen (secondary N) is 1. The number of likely N-dealkylation sites (tertiary alicyclic amines) is 1. The normalized spacial score (nSPS) is 24.5. The molecular formula is C24H38N4O2. The third-order valence-corrected chi connectivity index (χ3v) is 6.80. The van der Waals surface area contributed by atoms with Gasteiger partial charge >= 0.3 is 0 Å². The molecular weight excluding hydrogens is 376 g/mol. The highest BCUT2D eigenvalue weighted by Crippen LogP contribution is 2.24. The number of para-hydroxylation sites is 1. The number of carbonyl (C=O) groups is 2. The zero-order valence-electron chi connectivity index (χ0n) is 19.1. The van der Waals surface area contributed by atoms with Crippen molar-refractivity contribution in [3.63, 3.8) is 0 Å². The van der Waals surface area contributed by atoms with Gasteiger partial charge < -0.3 is 10.2 Å². The lowest BCUT2D eigenvalue weighted by Gasteiger charge is -2.44. The predicted molar refractivity (Wildman–Crippen MR) is 122 cm³/mol. The summed E-state index contributed by atoms with van der Waals surface area (Å²) in [7, 11) is 0. The molecule has 2 aliphatic rings. The van der Waals surface area contributed by atoms with Crippen LogP contribution in [0.1, 0.15) is 52.5 Å². The van der Waals surface area contributed by atoms with Gasteiger partial charge in [-0.05, 0) is 58.1 Å². The molecule has 6 nitrogen and oxygen atoms in total. The topological polar surface area (TPSA) is 55.9 Å². The maximum atomic E-state index is 13.1. The fourth-order valence-electron chi connectivity index (χ4n) is 4.88. The second-order valence-corrected chi connectivity index (χ2v) is 8.92. The number of piperidine rings is 1. The Morgan fingerprint density at radius 3 is 2.33 bits per heavy atom. The molecule has 1 N–H and O–H groups in total. The summed E-state index contributed by atoms with van der Waals surface area (Å²) in [6.07, 6.45) is 4.32. The van der Waals surface area contributed by atoms with E-state index in [1.165, 1.54) is 6.42 Å². The van der Waals surface area contributed by atoms with Crippen molar-refractivity contribution in [2.45, 2.75) is 71.5 Å². The molecule has 0 bridgehead atoms. The van der Waals surface area contributed by atoms with Gasteiger partial charge in [-0.25, -0.2) is 0 Å². The third-order valence-electron chi connectivity index (χ3n) is 6.80. The minimum atomic E-state index is -0.0968. The van der Waals surface area contributed by atoms with E-state index >= 15 is 0 Å². The molecule has 0 saturated carbocycles. The molecule has 0 unspecified atom stereocenters. The Bertz CT molecular complexity index is 720. The molecule has 2 saturated heterocycles. The standard InChI is InChI=1S/C24H38N4O2/c1-5-21-11-6-7-12-22(21)25-23(29)17-26-13-15-27(16-14-26)20(4)24(30)28-18(2)9-8-10-19(28)3/h6-7,11-12,18-20H,5,8-10,13-17H2,1-4H3,(H,25,29)/t18-,19-,20+/m0/s1. The molecule has 1 aromatic carbocycles. The van der Waals surface area contributed by atoms with E-state index in [2.05, 4.69) is 46.9 Å². The smallest absolute Gasteiger partial charge is 0.240 e. The van der Waals surface area contributed by atoms with Crippen LogP contribution in [-0.4, -0.2) is 77.4 Å². The van der Waals surface area contributed by atoms with Gasteiger partial charge in [-0.3, -0.25) is 19.4 Å². The molecule has 3 rings (SSSR count). The Morgan fingerprint density at radius 1 is 1.07 bits per heavy atom. The Hall–Kier alpha value is -1.92. The van der Waals surface area contributed by atoms with E-state index in [1.807, 2.05) is 25.1 Å². The molecule has 0 aliphatic carbocycles. The number of anilines is 1. The van der Waals surface area contributed by atoms with Gasteiger partial charge in [-0.1, -0.05) is 25.1 Å². The summed E-state index contributed by atoms with van der Waals surface area (Å²) in [4.78, 5) is 32.2. The molecule has 30 heavy (non-hydrogen) atoms. The zero-order valence-corrected chi connectivity index (χ0v) is 19.1. The Balaban J connectivity index is 1.48. The number of piperazine rings is 1. The number of benzene rings is 1. The van der Waals surface area contributed by atoms with Crippen LogP contribution < -0.4 is 5.32 Å². The lowest BCUT2D eigenvalue weighted by atomic mass is 9.96. The molecule has 0 aromatic heterocycles. The van der Waals surface area contributed by atoms with Crippen LogP contribution in [0.2, 0.25) is 0 Å². The second-order valence-electron chi connectivity index (χ2n) is 8.92. The van der Waals surface area contributed by atoms with Crippen molar-refractivity contribution in [3.05, 3.63) is 29.8 Å². The highest BCUT2D eigenvalue weighted by atomic mass is 16.2. The summed E-state index contributed by atoms with van der Waals surface area (Å²) >= 11 is 0. The first-order chi connectivity index (χ1) is 14.4. The Labute approximate surface area is 181 Å². The predicted octanol–water partition coefficient (Wildman–Crippen LogP) is 2.98. The highest BCUT2D eigenvalue weighted by Gasteiger charge is 2.35. The van der Waals surface area contributed by atoms with E-state index in [1.54, 1.807) is 0 Å². The number of nitrogens with zero attached hydrogens (tertiary/aromatic N) is 3. The molecule has 0 radical (unpaired) electrons. The van der Waals surface area contributed by atoms with Gasteiger partial charge in [0.25, 0.3) is 0 Å². The summed E-state index contributed by atoms with van der Waals surface area (Å²) in [6.45, 7) is 12.1. The molecule has 6 heteroatoms. The van der Waals surface area contributed by atoms with Crippen LogP contribution in [0.3, 0.4) is 0 Å². The van der Waals surface area contributed by atoms with Crippen molar-refractivity contribution in [1.82, 2.24) is 14.7 Å². The lowest BCUT2D eigenvalue weighted by Crippen LogP contribution is -2.58. The minimum absolute atomic E-state index is 0.0319. The van der Waals surface area contributed by atoms with Gasteiger partial charge in [0.05, 0.1) is 12.6 Å². The lowest BCUT2D eigenvalue weighted by molar-refractivity contribution is -0.143. The Kier molecular flexibility index (Phi) is 7.89. The number of aryl methyl sites for hydroxylation is 1. The van der Waals surface area contributed by atoms with Crippen LogP contribution >= 0.6 is 0 Å². The summed E-state index contributed by atoms with van der Waals surface area (Å²) in [5, 5.41) is 3.06. The molecule has 2 amide bonds. The SMILES string of the molecule is CCc1ccccc1NC(=O)CN1CCN([C@H](C)C(=O)N2[C@@H](C)CCC[C@@H]2C)CC1. The second kappa shape index (κ2) is 10.4. The monoisotopic (exact) mass is 414 g/mol. The fourth-order valence-corrected chi connectivity index (χ4v) is 4.88. The third kappa shape index (κ3) is 5.41. The van der Waals surface area contributed by atoms with E-state index in [0.29, 0.717) is 18.6 Å². The largest absolute Gasteiger partial charge is 0.336 e. The first-order valence-electron chi connectivity index (χ1n) is 11.6. The van der Waals surface area contributed by atoms with Crippen LogP contribution in [0.5, 0.6) is 0 Å². The van der Waals surface area contributed by atoms with Crippen LogP contribution in [0, 0.1) is 0 Å². The minimum Gasteiger partial charge on any atom is -0.336 e. The average Bonchev–Trinajstić information content (AvgIpc) is 2.74. The Morgan fingerprint density at radius 2 is 1.70 bits per heavy atom. The molecule has 166 valence electrons. The number of hydrogen-bond donors (Lipinski definition) is 1. The van der Waals surface area contributed by atoms with Crippen molar-refractivity contribution >= 4 is 17.5 Å². The van der Waals surface area contributed by atoms with Crippen molar-refractivity contribution < 1.29 is 9.59 Å². The molecule has 1 aromatic rings. The number of hydrogen-bond acceptors (Lipinski definition) is 4. The first kappa shape index (κ1) is 22.8. The molecule has 2 heterocycles. The van der Waals surface area contributed by atoms with Crippen molar-refractivity contribution in [1.29, 1.82) is 0 Å². The van der Waals surface area contributed by atoms with Gasteiger partial charge in [0.1, 0.15) is 0 Å². The summed E-state index contributed by atoms with van der Waals surface area (Å²) in [5.74, 6) is 0.293. The van der Waals surface area contributed by atoms with Crippen LogP contribution in [0.15, 0.2) is 24.3 Å². The van der Waals surface area contributed by atoms with E-state index in [4.69, 9.17) is 0 Å². The van der Waals surface area contributed by atoms with Gasteiger partial charge in [0.2, 0.25) is 11.8 Å². The first-order valence-corrected chi connectivity index (χ1v) is 11.6.